The quantitative estimate of drug-likeness (QED) is 0.666. The molecule has 1 aliphatic heterocycles. The summed E-state index contributed by atoms with van der Waals surface area (Å²) in [4.78, 5) is 13.7. The third kappa shape index (κ3) is 1.68. The van der Waals surface area contributed by atoms with Gasteiger partial charge in [-0.15, -0.1) is 0 Å². The first-order valence-electron chi connectivity index (χ1n) is 5.56. The van der Waals surface area contributed by atoms with Gasteiger partial charge in [-0.05, 0) is 32.6 Å². The van der Waals surface area contributed by atoms with Crippen LogP contribution < -0.4 is 5.73 Å². The van der Waals surface area contributed by atoms with Crippen LogP contribution in [0.4, 0.5) is 0 Å². The third-order valence-corrected chi connectivity index (χ3v) is 3.54. The molecule has 2 aliphatic rings. The fourth-order valence-corrected chi connectivity index (χ4v) is 2.35. The summed E-state index contributed by atoms with van der Waals surface area (Å²) in [7, 11) is 0. The summed E-state index contributed by atoms with van der Waals surface area (Å²) in [6, 6.07) is 1.00. The molecular weight excluding hydrogens is 206 g/mol. The Labute approximate surface area is 94.8 Å². The van der Waals surface area contributed by atoms with Gasteiger partial charge in [-0.1, -0.05) is 0 Å². The number of nitrogens with two attached hydrogens (primary N) is 1. The zero-order valence-corrected chi connectivity index (χ0v) is 9.55. The van der Waals surface area contributed by atoms with Gasteiger partial charge in [-0.2, -0.15) is 5.26 Å². The maximum absolute atomic E-state index is 12.1. The number of amides is 1. The third-order valence-electron chi connectivity index (χ3n) is 3.54. The minimum Gasteiger partial charge on any atom is -0.388 e. The van der Waals surface area contributed by atoms with Gasteiger partial charge >= 0.3 is 0 Å². The molecule has 2 fully saturated rings. The average molecular weight is 223 g/mol. The van der Waals surface area contributed by atoms with E-state index in [4.69, 9.17) is 11.0 Å². The Morgan fingerprint density at radius 2 is 2.25 bits per heavy atom. The topological polar surface area (TPSA) is 90.3 Å². The Morgan fingerprint density at radius 1 is 1.62 bits per heavy atom. The SMILES string of the molecule is CC(C)(O)[C@H](N)C(=O)N1C(C#N)CC2CC21. The van der Waals surface area contributed by atoms with E-state index in [0.29, 0.717) is 5.92 Å². The number of hydrogen-bond acceptors (Lipinski definition) is 4. The lowest BCUT2D eigenvalue weighted by molar-refractivity contribution is -0.138. The predicted octanol–water partition coefficient (Wildman–Crippen LogP) is -0.402. The molecule has 1 saturated heterocycles. The molecular formula is C11H17N3O2. The van der Waals surface area contributed by atoms with E-state index in [1.807, 2.05) is 0 Å². The van der Waals surface area contributed by atoms with Crippen molar-refractivity contribution in [1.29, 1.82) is 5.26 Å². The van der Waals surface area contributed by atoms with Gasteiger partial charge in [0.2, 0.25) is 5.91 Å². The molecule has 0 radical (unpaired) electrons. The molecule has 16 heavy (non-hydrogen) atoms. The van der Waals surface area contributed by atoms with Crippen molar-refractivity contribution in [3.63, 3.8) is 0 Å². The second-order valence-corrected chi connectivity index (χ2v) is 5.32. The van der Waals surface area contributed by atoms with Crippen LogP contribution in [-0.2, 0) is 4.79 Å². The highest BCUT2D eigenvalue weighted by molar-refractivity contribution is 5.84. The van der Waals surface area contributed by atoms with Gasteiger partial charge in [0.05, 0.1) is 11.7 Å². The second-order valence-electron chi connectivity index (χ2n) is 5.32. The molecule has 3 unspecified atom stereocenters. The standard InChI is InChI=1S/C11H17N3O2/c1-11(2,16)9(13)10(15)14-7(5-12)3-6-4-8(6)14/h6-9,16H,3-4,13H2,1-2H3/t6?,7?,8?,9-/m1/s1. The van der Waals surface area contributed by atoms with E-state index in [0.717, 1.165) is 12.8 Å². The highest BCUT2D eigenvalue weighted by Gasteiger charge is 2.55. The van der Waals surface area contributed by atoms with Gasteiger partial charge in [0, 0.05) is 6.04 Å². The van der Waals surface area contributed by atoms with E-state index >= 15 is 0 Å². The molecule has 0 spiro atoms. The van der Waals surface area contributed by atoms with Gasteiger partial charge in [0.25, 0.3) is 0 Å². The van der Waals surface area contributed by atoms with E-state index < -0.39 is 11.6 Å². The highest BCUT2D eigenvalue weighted by atomic mass is 16.3. The molecule has 0 aromatic rings. The Morgan fingerprint density at radius 3 is 2.75 bits per heavy atom. The molecule has 2 rings (SSSR count). The van der Waals surface area contributed by atoms with Crippen LogP contribution in [-0.4, -0.2) is 39.6 Å². The molecule has 0 bridgehead atoms. The lowest BCUT2D eigenvalue weighted by Gasteiger charge is -2.31. The maximum Gasteiger partial charge on any atom is 0.243 e. The predicted molar refractivity (Wildman–Crippen MR) is 57.0 cm³/mol. The number of aliphatic hydroxyl groups is 1. The van der Waals surface area contributed by atoms with Crippen LogP contribution in [0.25, 0.3) is 0 Å². The van der Waals surface area contributed by atoms with Crippen LogP contribution in [0.2, 0.25) is 0 Å². The van der Waals surface area contributed by atoms with E-state index in [-0.39, 0.29) is 18.0 Å². The van der Waals surface area contributed by atoms with Crippen molar-refractivity contribution in [3.8, 4) is 6.07 Å². The first-order chi connectivity index (χ1) is 7.36. The summed E-state index contributed by atoms with van der Waals surface area (Å²) in [5.41, 5.74) is 4.48. The molecule has 88 valence electrons. The molecule has 1 heterocycles. The van der Waals surface area contributed by atoms with Crippen LogP contribution in [0.5, 0.6) is 0 Å². The Bertz CT molecular complexity index is 355. The molecule has 4 atom stereocenters. The normalized spacial score (nSPS) is 34.2. The minimum absolute atomic E-state index is 0.186. The zero-order valence-electron chi connectivity index (χ0n) is 9.55. The van der Waals surface area contributed by atoms with Crippen LogP contribution >= 0.6 is 0 Å². The highest BCUT2D eigenvalue weighted by Crippen LogP contribution is 2.47. The molecule has 1 saturated carbocycles. The molecule has 3 N–H and O–H groups in total. The van der Waals surface area contributed by atoms with Crippen molar-refractivity contribution < 1.29 is 9.90 Å². The molecule has 0 aromatic heterocycles. The summed E-state index contributed by atoms with van der Waals surface area (Å²) < 4.78 is 0. The summed E-state index contributed by atoms with van der Waals surface area (Å²) in [6.45, 7) is 3.02. The zero-order chi connectivity index (χ0) is 12.1. The van der Waals surface area contributed by atoms with E-state index in [1.54, 1.807) is 4.90 Å². The largest absolute Gasteiger partial charge is 0.388 e. The fraction of sp³-hybridized carbons (Fsp3) is 0.818. The smallest absolute Gasteiger partial charge is 0.243 e. The maximum atomic E-state index is 12.1. The van der Waals surface area contributed by atoms with Crippen LogP contribution in [0, 0.1) is 17.2 Å². The van der Waals surface area contributed by atoms with Crippen LogP contribution in [0.3, 0.4) is 0 Å². The summed E-state index contributed by atoms with van der Waals surface area (Å²) in [6.07, 6.45) is 1.73. The van der Waals surface area contributed by atoms with Gasteiger partial charge in [0.1, 0.15) is 12.1 Å². The van der Waals surface area contributed by atoms with Crippen molar-refractivity contribution in [1.82, 2.24) is 4.90 Å². The summed E-state index contributed by atoms with van der Waals surface area (Å²) in [5, 5.41) is 18.7. The van der Waals surface area contributed by atoms with Gasteiger partial charge < -0.3 is 15.7 Å². The van der Waals surface area contributed by atoms with Crippen molar-refractivity contribution >= 4 is 5.91 Å². The number of carbonyl (C=O) groups is 1. The summed E-state index contributed by atoms with van der Waals surface area (Å²) >= 11 is 0. The number of nitriles is 1. The van der Waals surface area contributed by atoms with E-state index in [9.17, 15) is 9.90 Å². The molecule has 1 aliphatic carbocycles. The number of carbonyl (C=O) groups excluding carboxylic acids is 1. The van der Waals surface area contributed by atoms with Crippen LogP contribution in [0.15, 0.2) is 0 Å². The van der Waals surface area contributed by atoms with Crippen molar-refractivity contribution in [2.45, 2.75) is 50.4 Å². The van der Waals surface area contributed by atoms with Crippen molar-refractivity contribution in [3.05, 3.63) is 0 Å². The Kier molecular flexibility index (Phi) is 2.44. The van der Waals surface area contributed by atoms with Gasteiger partial charge in [0.15, 0.2) is 0 Å². The molecule has 5 heteroatoms. The first-order valence-corrected chi connectivity index (χ1v) is 5.56. The van der Waals surface area contributed by atoms with Crippen molar-refractivity contribution in [2.75, 3.05) is 0 Å². The second kappa shape index (κ2) is 3.44. The first kappa shape index (κ1) is 11.4. The number of fused-ring (bicyclic) bond motifs is 1. The average Bonchev–Trinajstić information content (AvgIpc) is 2.86. The van der Waals surface area contributed by atoms with Gasteiger partial charge in [-0.3, -0.25) is 4.79 Å². The van der Waals surface area contributed by atoms with Crippen molar-refractivity contribution in [2.24, 2.45) is 11.7 Å². The lowest BCUT2D eigenvalue weighted by Crippen LogP contribution is -2.56. The number of rotatable bonds is 2. The number of likely N-dealkylation sites (tertiary alicyclic amines) is 1. The molecule has 1 amide bonds. The Balaban J connectivity index is 2.13. The number of hydrogen-bond donors (Lipinski definition) is 2. The van der Waals surface area contributed by atoms with Crippen LogP contribution in [0.1, 0.15) is 26.7 Å². The molecule has 5 nitrogen and oxygen atoms in total. The fourth-order valence-electron chi connectivity index (χ4n) is 2.35. The molecule has 0 aromatic carbocycles. The number of nitrogens with zero attached hydrogens (tertiary/aromatic N) is 2. The summed E-state index contributed by atoms with van der Waals surface area (Å²) in [5.74, 6) is 0.173. The van der Waals surface area contributed by atoms with Gasteiger partial charge in [-0.25, -0.2) is 0 Å². The lowest BCUT2D eigenvalue weighted by atomic mass is 9.98. The monoisotopic (exact) mass is 223 g/mol. The minimum atomic E-state index is -1.25. The number of piperidine rings is 1. The van der Waals surface area contributed by atoms with E-state index in [1.165, 1.54) is 13.8 Å². The Hall–Kier alpha value is -1.12. The van der Waals surface area contributed by atoms with E-state index in [2.05, 4.69) is 6.07 Å².